The summed E-state index contributed by atoms with van der Waals surface area (Å²) < 4.78 is 73.7. The summed E-state index contributed by atoms with van der Waals surface area (Å²) in [7, 11) is -5.47. The molecule has 0 atom stereocenters. The zero-order valence-corrected chi connectivity index (χ0v) is 16.5. The van der Waals surface area contributed by atoms with Crippen molar-refractivity contribution in [1.29, 1.82) is 0 Å². The Labute approximate surface area is 163 Å². The number of nitrogens with zero attached hydrogens (tertiary/aromatic N) is 1. The van der Waals surface area contributed by atoms with Gasteiger partial charge in [-0.15, -0.1) is 0 Å². The number of allylic oxidation sites excluding steroid dienone is 2. The first-order valence-corrected chi connectivity index (χ1v) is 11.6. The second kappa shape index (κ2) is 9.83. The summed E-state index contributed by atoms with van der Waals surface area (Å²) in [5.41, 5.74) is -3.58. The number of aromatic nitrogens is 1. The summed E-state index contributed by atoms with van der Waals surface area (Å²) in [6.45, 7) is 0. The van der Waals surface area contributed by atoms with Crippen molar-refractivity contribution in [3.8, 4) is 0 Å². The lowest BCUT2D eigenvalue weighted by atomic mass is 10.1. The van der Waals surface area contributed by atoms with Gasteiger partial charge in [-0.2, -0.15) is 49.5 Å². The van der Waals surface area contributed by atoms with E-state index in [1.807, 2.05) is 11.8 Å². The van der Waals surface area contributed by atoms with Gasteiger partial charge in [0.05, 0.1) is 0 Å². The normalized spacial score (nSPS) is 17.9. The van der Waals surface area contributed by atoms with Crippen molar-refractivity contribution >= 4 is 39.2 Å². The topological polar surface area (TPSA) is 56.3 Å². The number of pyridine rings is 1. The summed E-state index contributed by atoms with van der Waals surface area (Å²) in [6.07, 6.45) is 6.08. The Balaban J connectivity index is 0.000000194. The van der Waals surface area contributed by atoms with E-state index < -0.39 is 15.6 Å². The van der Waals surface area contributed by atoms with E-state index in [9.17, 15) is 26.0 Å². The second-order valence-corrected chi connectivity index (χ2v) is 9.21. The molecule has 0 amide bonds. The first kappa shape index (κ1) is 22.1. The van der Waals surface area contributed by atoms with E-state index in [2.05, 4.69) is 15.2 Å². The van der Waals surface area contributed by atoms with Crippen LogP contribution in [0.3, 0.4) is 0 Å². The zero-order valence-electron chi connectivity index (χ0n) is 14.0. The molecule has 0 saturated heterocycles. The highest BCUT2D eigenvalue weighted by atomic mass is 32.2. The number of thioether (sulfide) groups is 2. The van der Waals surface area contributed by atoms with Gasteiger partial charge >= 0.3 is 15.6 Å². The van der Waals surface area contributed by atoms with Crippen LogP contribution in [0.15, 0.2) is 36.2 Å². The molecule has 27 heavy (non-hydrogen) atoms. The monoisotopic (exact) mass is 443 g/mol. The Bertz CT molecular complexity index is 807. The molecule has 11 heteroatoms. The van der Waals surface area contributed by atoms with E-state index in [0.29, 0.717) is 17.1 Å². The fraction of sp³-hybridized carbons (Fsp3) is 0.438. The summed E-state index contributed by atoms with van der Waals surface area (Å²) in [5.74, 6) is 2.65. The van der Waals surface area contributed by atoms with E-state index in [-0.39, 0.29) is 18.1 Å². The van der Waals surface area contributed by atoms with Crippen LogP contribution in [0, 0.1) is 5.95 Å². The van der Waals surface area contributed by atoms with Gasteiger partial charge in [0, 0.05) is 35.4 Å². The van der Waals surface area contributed by atoms with Gasteiger partial charge in [0.15, 0.2) is 0 Å². The molecule has 0 aliphatic carbocycles. The maximum atomic E-state index is 13.2. The highest BCUT2D eigenvalue weighted by Crippen LogP contribution is 2.29. The molecule has 0 fully saturated rings. The van der Waals surface area contributed by atoms with Gasteiger partial charge in [0.1, 0.15) is 5.76 Å². The minimum Gasteiger partial charge on any atom is -0.381 e. The average molecular weight is 444 g/mol. The molecule has 0 aromatic carbocycles. The van der Waals surface area contributed by atoms with Crippen molar-refractivity contribution in [1.82, 2.24) is 4.98 Å². The summed E-state index contributed by atoms with van der Waals surface area (Å²) in [4.78, 5) is 3.64. The van der Waals surface area contributed by atoms with Crippen LogP contribution >= 0.6 is 23.5 Å². The molecule has 0 radical (unpaired) electrons. The van der Waals surface area contributed by atoms with Gasteiger partial charge in [0.2, 0.25) is 5.95 Å². The van der Waals surface area contributed by atoms with Crippen molar-refractivity contribution in [3.05, 3.63) is 47.8 Å². The van der Waals surface area contributed by atoms with E-state index >= 15 is 0 Å². The van der Waals surface area contributed by atoms with Crippen LogP contribution in [-0.4, -0.2) is 41.9 Å². The van der Waals surface area contributed by atoms with Crippen LogP contribution < -0.4 is 0 Å². The molecule has 1 aromatic rings. The smallest absolute Gasteiger partial charge is 0.381 e. The van der Waals surface area contributed by atoms with Gasteiger partial charge in [-0.3, -0.25) is 0 Å². The molecule has 0 saturated carbocycles. The van der Waals surface area contributed by atoms with Crippen molar-refractivity contribution in [2.75, 3.05) is 23.0 Å². The van der Waals surface area contributed by atoms with E-state index in [1.54, 1.807) is 12.1 Å². The first-order chi connectivity index (χ1) is 12.7. The van der Waals surface area contributed by atoms with E-state index in [1.165, 1.54) is 24.0 Å². The molecule has 3 rings (SSSR count). The van der Waals surface area contributed by atoms with Gasteiger partial charge in [-0.25, -0.2) is 4.98 Å². The molecule has 4 nitrogen and oxygen atoms in total. The quantitative estimate of drug-likeness (QED) is 0.294. The molecule has 0 bridgehead atoms. The third-order valence-corrected chi connectivity index (χ3v) is 6.28. The van der Waals surface area contributed by atoms with Crippen LogP contribution in [0.25, 0.3) is 5.57 Å². The Morgan fingerprint density at radius 2 is 1.74 bits per heavy atom. The molecule has 2 aliphatic rings. The van der Waals surface area contributed by atoms with Crippen LogP contribution in [0.5, 0.6) is 0 Å². The largest absolute Gasteiger partial charge is 0.534 e. The number of rotatable bonds is 3. The van der Waals surface area contributed by atoms with Gasteiger partial charge in [-0.1, -0.05) is 6.08 Å². The molecule has 0 spiro atoms. The van der Waals surface area contributed by atoms with Gasteiger partial charge in [-0.05, 0) is 36.0 Å². The molecule has 3 heterocycles. The number of hydrogen-bond acceptors (Lipinski definition) is 6. The van der Waals surface area contributed by atoms with Crippen LogP contribution in [0.1, 0.15) is 18.4 Å². The third kappa shape index (κ3) is 6.72. The summed E-state index contributed by atoms with van der Waals surface area (Å²) in [5, 5.41) is 0. The van der Waals surface area contributed by atoms with Crippen LogP contribution in [-0.2, 0) is 14.3 Å². The average Bonchev–Trinajstić information content (AvgIpc) is 2.63. The molecule has 1 aromatic heterocycles. The van der Waals surface area contributed by atoms with Gasteiger partial charge < -0.3 is 4.18 Å². The minimum absolute atomic E-state index is 0.124. The number of hydrogen-bond donors (Lipinski definition) is 0. The molecule has 2 aliphatic heterocycles. The van der Waals surface area contributed by atoms with E-state index in [0.717, 1.165) is 23.5 Å². The molecular weight excluding hydrogens is 426 g/mol. The SMILES string of the molecule is Fc1ncccc1C1=CCSCC1.O=S(=O)(OC1=CCSCC1)C(F)(F)F. The number of alkyl halides is 3. The lowest BCUT2D eigenvalue weighted by molar-refractivity contribution is -0.0523. The second-order valence-electron chi connectivity index (χ2n) is 5.37. The Hall–Kier alpha value is -1.20. The van der Waals surface area contributed by atoms with E-state index in [4.69, 9.17) is 0 Å². The fourth-order valence-electron chi connectivity index (χ4n) is 2.17. The number of halogens is 4. The van der Waals surface area contributed by atoms with Crippen LogP contribution in [0.4, 0.5) is 17.6 Å². The predicted octanol–water partition coefficient (Wildman–Crippen LogP) is 4.61. The summed E-state index contributed by atoms with van der Waals surface area (Å²) >= 11 is 3.38. The van der Waals surface area contributed by atoms with Gasteiger partial charge in [0.25, 0.3) is 0 Å². The zero-order chi connectivity index (χ0) is 19.9. The standard InChI is InChI=1S/C10H10FNS.C6H7F3O3S2/c11-10-9(2-1-5-12-10)8-3-6-13-7-4-8;7-6(8,9)14(10,11)12-5-1-3-13-4-2-5/h1-3,5H,4,6-7H2;1H,2-4H2. The summed E-state index contributed by atoms with van der Waals surface area (Å²) in [6, 6.07) is 3.57. The Kier molecular flexibility index (Phi) is 8.04. The maximum absolute atomic E-state index is 13.2. The molecule has 0 unspecified atom stereocenters. The van der Waals surface area contributed by atoms with Crippen molar-refractivity contribution in [2.45, 2.75) is 18.3 Å². The third-order valence-electron chi connectivity index (χ3n) is 3.49. The minimum atomic E-state index is -5.47. The highest BCUT2D eigenvalue weighted by Gasteiger charge is 2.48. The van der Waals surface area contributed by atoms with Crippen molar-refractivity contribution in [2.24, 2.45) is 0 Å². The molecule has 150 valence electrons. The maximum Gasteiger partial charge on any atom is 0.534 e. The fourth-order valence-corrected chi connectivity index (χ4v) is 4.36. The first-order valence-electron chi connectivity index (χ1n) is 7.86. The lowest BCUT2D eigenvalue weighted by Crippen LogP contribution is -2.25. The lowest BCUT2D eigenvalue weighted by Gasteiger charge is -2.14. The molecular formula is C16H17F4NO3S3. The Morgan fingerprint density at radius 1 is 1.07 bits per heavy atom. The predicted molar refractivity (Wildman–Crippen MR) is 100 cm³/mol. The van der Waals surface area contributed by atoms with Crippen LogP contribution in [0.2, 0.25) is 0 Å². The van der Waals surface area contributed by atoms with Crippen molar-refractivity contribution in [3.63, 3.8) is 0 Å². The highest BCUT2D eigenvalue weighted by molar-refractivity contribution is 7.99. The Morgan fingerprint density at radius 3 is 2.26 bits per heavy atom. The molecule has 0 N–H and O–H groups in total. The van der Waals surface area contributed by atoms with Crippen molar-refractivity contribution < 1.29 is 30.2 Å².